The number of nitro groups is 1. The minimum absolute atomic E-state index is 0.0443. The maximum Gasteiger partial charge on any atom is 0.270 e. The molecule has 0 saturated carbocycles. The smallest absolute Gasteiger partial charge is 0.268 e. The minimum Gasteiger partial charge on any atom is -0.268 e. The maximum atomic E-state index is 11.7. The average molecular weight is 281 g/mol. The van der Waals surface area contributed by atoms with Crippen molar-refractivity contribution in [2.45, 2.75) is 11.4 Å². The van der Waals surface area contributed by atoms with Gasteiger partial charge < -0.3 is 0 Å². The number of benzene rings is 1. The van der Waals surface area contributed by atoms with Crippen molar-refractivity contribution in [3.8, 4) is 0 Å². The summed E-state index contributed by atoms with van der Waals surface area (Å²) in [7, 11) is -3.54. The Morgan fingerprint density at radius 3 is 2.68 bits per heavy atom. The Balaban J connectivity index is 2.51. The predicted octanol–water partition coefficient (Wildman–Crippen LogP) is 1.24. The van der Waals surface area contributed by atoms with Gasteiger partial charge in [0.2, 0.25) is 0 Å². The molecule has 8 heteroatoms. The van der Waals surface area contributed by atoms with Crippen molar-refractivity contribution in [1.82, 2.24) is 9.78 Å². The summed E-state index contributed by atoms with van der Waals surface area (Å²) in [5.74, 6) is 0. The maximum absolute atomic E-state index is 11.7. The third-order valence-electron chi connectivity index (χ3n) is 2.55. The molecule has 2 aromatic rings. The molecule has 2 rings (SSSR count). The summed E-state index contributed by atoms with van der Waals surface area (Å²) in [5.41, 5.74) is 0.224. The van der Waals surface area contributed by atoms with Crippen LogP contribution >= 0.6 is 0 Å². The van der Waals surface area contributed by atoms with Gasteiger partial charge in [0.05, 0.1) is 16.4 Å². The first-order valence-electron chi connectivity index (χ1n) is 5.33. The van der Waals surface area contributed by atoms with Crippen molar-refractivity contribution < 1.29 is 13.3 Å². The van der Waals surface area contributed by atoms with Gasteiger partial charge in [-0.2, -0.15) is 5.10 Å². The fourth-order valence-electron chi connectivity index (χ4n) is 1.70. The molecule has 19 heavy (non-hydrogen) atoms. The van der Waals surface area contributed by atoms with Crippen LogP contribution in [0.15, 0.2) is 41.6 Å². The lowest BCUT2D eigenvalue weighted by Crippen LogP contribution is -2.08. The molecule has 1 aromatic heterocycles. The van der Waals surface area contributed by atoms with Crippen LogP contribution in [-0.4, -0.2) is 29.4 Å². The van der Waals surface area contributed by atoms with Crippen molar-refractivity contribution in [2.75, 3.05) is 6.26 Å². The predicted molar refractivity (Wildman–Crippen MR) is 67.5 cm³/mol. The van der Waals surface area contributed by atoms with Gasteiger partial charge in [-0.1, -0.05) is 0 Å². The summed E-state index contributed by atoms with van der Waals surface area (Å²) in [6, 6.07) is 5.52. The number of nitrogens with zero attached hydrogens (tertiary/aromatic N) is 3. The highest BCUT2D eigenvalue weighted by Crippen LogP contribution is 2.22. The van der Waals surface area contributed by atoms with Crippen LogP contribution in [0.1, 0.15) is 5.56 Å². The van der Waals surface area contributed by atoms with Gasteiger partial charge in [-0.15, -0.1) is 0 Å². The van der Waals surface area contributed by atoms with Crippen molar-refractivity contribution in [2.24, 2.45) is 0 Å². The third kappa shape index (κ3) is 2.97. The van der Waals surface area contributed by atoms with E-state index in [1.54, 1.807) is 23.1 Å². The van der Waals surface area contributed by atoms with Crippen molar-refractivity contribution >= 4 is 15.5 Å². The molecule has 1 heterocycles. The van der Waals surface area contributed by atoms with E-state index in [0.717, 1.165) is 12.3 Å². The van der Waals surface area contributed by atoms with Gasteiger partial charge in [0.1, 0.15) is 0 Å². The Hall–Kier alpha value is -2.22. The molecule has 0 radical (unpaired) electrons. The molecule has 100 valence electrons. The number of hydrogen-bond acceptors (Lipinski definition) is 5. The Morgan fingerprint density at radius 1 is 1.42 bits per heavy atom. The molecule has 0 bridgehead atoms. The number of nitro benzene ring substituents is 1. The second kappa shape index (κ2) is 4.81. The number of rotatable bonds is 4. The lowest BCUT2D eigenvalue weighted by molar-refractivity contribution is -0.385. The van der Waals surface area contributed by atoms with Crippen LogP contribution in [0.5, 0.6) is 0 Å². The Kier molecular flexibility index (Phi) is 3.34. The second-order valence-electron chi connectivity index (χ2n) is 4.02. The summed E-state index contributed by atoms with van der Waals surface area (Å²) >= 11 is 0. The number of non-ortho nitro benzene ring substituents is 1. The van der Waals surface area contributed by atoms with E-state index in [1.807, 2.05) is 0 Å². The van der Waals surface area contributed by atoms with Crippen molar-refractivity contribution in [3.63, 3.8) is 0 Å². The summed E-state index contributed by atoms with van der Waals surface area (Å²) < 4.78 is 25.0. The van der Waals surface area contributed by atoms with E-state index in [-0.39, 0.29) is 17.1 Å². The van der Waals surface area contributed by atoms with Gasteiger partial charge >= 0.3 is 0 Å². The highest BCUT2D eigenvalue weighted by Gasteiger charge is 2.18. The summed E-state index contributed by atoms with van der Waals surface area (Å²) in [5, 5.41) is 14.7. The Labute approximate surface area is 109 Å². The molecule has 7 nitrogen and oxygen atoms in total. The number of sulfone groups is 1. The number of hydrogen-bond donors (Lipinski definition) is 0. The summed E-state index contributed by atoms with van der Waals surface area (Å²) in [6.45, 7) is 0.243. The largest absolute Gasteiger partial charge is 0.270 e. The average Bonchev–Trinajstić information content (AvgIpc) is 2.80. The monoisotopic (exact) mass is 281 g/mol. The molecule has 0 atom stereocenters. The molecule has 0 amide bonds. The van der Waals surface area contributed by atoms with Gasteiger partial charge in [-0.25, -0.2) is 8.42 Å². The molecule has 0 spiro atoms. The van der Waals surface area contributed by atoms with Crippen LogP contribution in [-0.2, 0) is 16.4 Å². The van der Waals surface area contributed by atoms with Crippen LogP contribution in [0.4, 0.5) is 5.69 Å². The van der Waals surface area contributed by atoms with Crippen molar-refractivity contribution in [1.29, 1.82) is 0 Å². The molecular formula is C11H11N3O4S. The first-order valence-corrected chi connectivity index (χ1v) is 7.22. The zero-order valence-corrected chi connectivity index (χ0v) is 10.9. The van der Waals surface area contributed by atoms with E-state index >= 15 is 0 Å². The van der Waals surface area contributed by atoms with E-state index < -0.39 is 14.8 Å². The lowest BCUT2D eigenvalue weighted by atomic mass is 10.2. The van der Waals surface area contributed by atoms with Crippen LogP contribution in [0.2, 0.25) is 0 Å². The van der Waals surface area contributed by atoms with Gasteiger partial charge in [0.15, 0.2) is 9.84 Å². The summed E-state index contributed by atoms with van der Waals surface area (Å²) in [4.78, 5) is 10.0. The lowest BCUT2D eigenvalue weighted by Gasteiger charge is -2.08. The van der Waals surface area contributed by atoms with Gasteiger partial charge in [0.25, 0.3) is 5.69 Å². The summed E-state index contributed by atoms with van der Waals surface area (Å²) in [6.07, 6.45) is 4.29. The number of aromatic nitrogens is 2. The van der Waals surface area contributed by atoms with Crippen LogP contribution in [0.25, 0.3) is 0 Å². The van der Waals surface area contributed by atoms with Crippen LogP contribution < -0.4 is 0 Å². The fourth-order valence-corrected chi connectivity index (χ4v) is 2.64. The molecule has 0 unspecified atom stereocenters. The Morgan fingerprint density at radius 2 is 2.16 bits per heavy atom. The fraction of sp³-hybridized carbons (Fsp3) is 0.182. The van der Waals surface area contributed by atoms with Gasteiger partial charge in [-0.3, -0.25) is 14.8 Å². The topological polar surface area (TPSA) is 95.1 Å². The SMILES string of the molecule is CS(=O)(=O)c1cc([N+](=O)[O-])ccc1Cn1cccn1. The highest BCUT2D eigenvalue weighted by atomic mass is 32.2. The molecule has 0 saturated heterocycles. The molecule has 0 aliphatic carbocycles. The zero-order valence-electron chi connectivity index (χ0n) is 10.1. The molecule has 0 aliphatic rings. The van der Waals surface area contributed by atoms with Crippen LogP contribution in [0.3, 0.4) is 0 Å². The minimum atomic E-state index is -3.54. The standard InChI is InChI=1S/C11H11N3O4S/c1-19(17,18)11-7-10(14(15)16)4-3-9(11)8-13-6-2-5-12-13/h2-7H,8H2,1H3. The first-order chi connectivity index (χ1) is 8.88. The first kappa shape index (κ1) is 13.2. The molecule has 0 N–H and O–H groups in total. The highest BCUT2D eigenvalue weighted by molar-refractivity contribution is 7.90. The molecule has 0 aliphatic heterocycles. The third-order valence-corrected chi connectivity index (χ3v) is 3.73. The van der Waals surface area contributed by atoms with Gasteiger partial charge in [0, 0.05) is 30.8 Å². The van der Waals surface area contributed by atoms with Crippen molar-refractivity contribution in [3.05, 3.63) is 52.3 Å². The zero-order chi connectivity index (χ0) is 14.0. The molecule has 0 fully saturated rings. The van der Waals surface area contributed by atoms with E-state index in [4.69, 9.17) is 0 Å². The Bertz CT molecular complexity index is 708. The molecule has 1 aromatic carbocycles. The van der Waals surface area contributed by atoms with E-state index in [2.05, 4.69) is 5.10 Å². The van der Waals surface area contributed by atoms with E-state index in [9.17, 15) is 18.5 Å². The quantitative estimate of drug-likeness (QED) is 0.620. The van der Waals surface area contributed by atoms with Gasteiger partial charge in [-0.05, 0) is 17.7 Å². The van der Waals surface area contributed by atoms with Crippen LogP contribution in [0, 0.1) is 10.1 Å². The second-order valence-corrected chi connectivity index (χ2v) is 6.01. The normalized spacial score (nSPS) is 11.4. The van der Waals surface area contributed by atoms with E-state index in [0.29, 0.717) is 5.56 Å². The van der Waals surface area contributed by atoms with E-state index in [1.165, 1.54) is 12.1 Å². The molecular weight excluding hydrogens is 270 g/mol.